The molecule has 2 aromatic carbocycles. The maximum Gasteiger partial charge on any atom is 0.272 e. The largest absolute Gasteiger partial charge is 0.378 e. The topological polar surface area (TPSA) is 96.9 Å². The van der Waals surface area contributed by atoms with Crippen LogP contribution in [0.25, 0.3) is 11.1 Å². The van der Waals surface area contributed by atoms with Gasteiger partial charge in [0.2, 0.25) is 16.9 Å². The molecule has 4 rings (SSSR count). The lowest BCUT2D eigenvalue weighted by atomic mass is 10.1. The number of aromatic nitrogens is 1. The van der Waals surface area contributed by atoms with Gasteiger partial charge in [-0.1, -0.05) is 42.5 Å². The Morgan fingerprint density at radius 3 is 2.30 bits per heavy atom. The smallest absolute Gasteiger partial charge is 0.272 e. The summed E-state index contributed by atoms with van der Waals surface area (Å²) in [7, 11) is -4.17. The van der Waals surface area contributed by atoms with Gasteiger partial charge >= 0.3 is 0 Å². The van der Waals surface area contributed by atoms with Crippen LogP contribution in [0.4, 0.5) is 5.13 Å². The number of benzene rings is 2. The van der Waals surface area contributed by atoms with E-state index in [1.807, 2.05) is 30.3 Å². The van der Waals surface area contributed by atoms with Crippen molar-refractivity contribution >= 4 is 38.3 Å². The lowest BCUT2D eigenvalue weighted by Gasteiger charge is -2.26. The minimum absolute atomic E-state index is 0.0133. The number of rotatable bonds is 6. The lowest BCUT2D eigenvalue weighted by Crippen LogP contribution is -2.41. The molecule has 1 fully saturated rings. The number of sulfonamides is 1. The van der Waals surface area contributed by atoms with Crippen molar-refractivity contribution in [2.75, 3.05) is 30.6 Å². The van der Waals surface area contributed by atoms with Gasteiger partial charge < -0.3 is 9.64 Å². The molecule has 0 aliphatic carbocycles. The van der Waals surface area contributed by atoms with Crippen molar-refractivity contribution in [2.45, 2.75) is 18.2 Å². The normalized spacial score (nSPS) is 14.2. The highest BCUT2D eigenvalue weighted by molar-refractivity contribution is 7.93. The van der Waals surface area contributed by atoms with Crippen LogP contribution in [-0.2, 0) is 30.8 Å². The Morgan fingerprint density at radius 1 is 1.03 bits per heavy atom. The zero-order chi connectivity index (χ0) is 23.4. The number of carbonyl (C=O) groups excluding carboxylic acids is 2. The third-order valence-corrected chi connectivity index (χ3v) is 7.96. The second-order valence-electron chi connectivity index (χ2n) is 7.47. The fourth-order valence-electron chi connectivity index (χ4n) is 3.51. The van der Waals surface area contributed by atoms with Crippen molar-refractivity contribution in [3.63, 3.8) is 0 Å². The highest BCUT2D eigenvalue weighted by Gasteiger charge is 2.31. The van der Waals surface area contributed by atoms with Gasteiger partial charge in [-0.2, -0.15) is 4.31 Å². The number of anilines is 1. The van der Waals surface area contributed by atoms with Crippen molar-refractivity contribution in [3.05, 3.63) is 65.7 Å². The van der Waals surface area contributed by atoms with Gasteiger partial charge in [0.25, 0.3) is 10.0 Å². The minimum Gasteiger partial charge on any atom is -0.378 e. The maximum atomic E-state index is 13.3. The standard InChI is InChI=1S/C23H23N3O5S2/c1-17(27)26(23-24-20(16-32-23)15-22(28)25-11-13-31-14-12-25)33(29,30)21-9-7-19(8-10-21)18-5-3-2-4-6-18/h2-10,16H,11-15H2,1H3. The first-order valence-electron chi connectivity index (χ1n) is 10.4. The van der Waals surface area contributed by atoms with E-state index in [9.17, 15) is 18.0 Å². The summed E-state index contributed by atoms with van der Waals surface area (Å²) in [6.07, 6.45) is 0.0358. The van der Waals surface area contributed by atoms with Crippen LogP contribution < -0.4 is 4.31 Å². The molecule has 2 heterocycles. The van der Waals surface area contributed by atoms with E-state index in [-0.39, 0.29) is 22.4 Å². The molecule has 0 saturated carbocycles. The zero-order valence-electron chi connectivity index (χ0n) is 18.0. The highest BCUT2D eigenvalue weighted by atomic mass is 32.2. The SMILES string of the molecule is CC(=O)N(c1nc(CC(=O)N2CCOCC2)cs1)S(=O)(=O)c1ccc(-c2ccccc2)cc1. The minimum atomic E-state index is -4.17. The molecule has 1 saturated heterocycles. The number of hydrogen-bond donors (Lipinski definition) is 0. The number of ether oxygens (including phenoxy) is 1. The summed E-state index contributed by atoms with van der Waals surface area (Å²) in [5.74, 6) is -0.786. The molecule has 10 heteroatoms. The average molecular weight is 486 g/mol. The van der Waals surface area contributed by atoms with Gasteiger partial charge in [-0.25, -0.2) is 13.4 Å². The second kappa shape index (κ2) is 9.82. The lowest BCUT2D eigenvalue weighted by molar-refractivity contribution is -0.134. The van der Waals surface area contributed by atoms with E-state index in [2.05, 4.69) is 4.98 Å². The van der Waals surface area contributed by atoms with E-state index < -0.39 is 15.9 Å². The summed E-state index contributed by atoms with van der Waals surface area (Å²) in [6.45, 7) is 3.20. The van der Waals surface area contributed by atoms with E-state index in [1.165, 1.54) is 19.1 Å². The Morgan fingerprint density at radius 2 is 1.67 bits per heavy atom. The van der Waals surface area contributed by atoms with E-state index in [0.717, 1.165) is 22.5 Å². The third-order valence-electron chi connectivity index (χ3n) is 5.20. The number of hydrogen-bond acceptors (Lipinski definition) is 7. The van der Waals surface area contributed by atoms with Crippen LogP contribution in [0.1, 0.15) is 12.6 Å². The van der Waals surface area contributed by atoms with Gasteiger partial charge in [-0.3, -0.25) is 9.59 Å². The summed E-state index contributed by atoms with van der Waals surface area (Å²) >= 11 is 1.02. The first kappa shape index (κ1) is 23.1. The van der Waals surface area contributed by atoms with Gasteiger partial charge in [0.15, 0.2) is 0 Å². The predicted molar refractivity (Wildman–Crippen MR) is 125 cm³/mol. The highest BCUT2D eigenvalue weighted by Crippen LogP contribution is 2.29. The van der Waals surface area contributed by atoms with Crippen molar-refractivity contribution < 1.29 is 22.7 Å². The van der Waals surface area contributed by atoms with Gasteiger partial charge in [-0.05, 0) is 23.3 Å². The Bertz CT molecular complexity index is 1230. The predicted octanol–water partition coefficient (Wildman–Crippen LogP) is 2.95. The van der Waals surface area contributed by atoms with Crippen LogP contribution in [-0.4, -0.2) is 56.4 Å². The van der Waals surface area contributed by atoms with E-state index >= 15 is 0 Å². The van der Waals surface area contributed by atoms with Crippen LogP contribution >= 0.6 is 11.3 Å². The summed E-state index contributed by atoms with van der Waals surface area (Å²) < 4.78 is 32.5. The molecule has 2 amide bonds. The number of amides is 2. The molecule has 0 bridgehead atoms. The van der Waals surface area contributed by atoms with Gasteiger partial charge in [-0.15, -0.1) is 11.3 Å². The summed E-state index contributed by atoms with van der Waals surface area (Å²) in [6, 6.07) is 15.9. The van der Waals surface area contributed by atoms with Crippen LogP contribution in [0.15, 0.2) is 64.9 Å². The molecule has 1 aromatic heterocycles. The van der Waals surface area contributed by atoms with Crippen molar-refractivity contribution in [3.8, 4) is 11.1 Å². The van der Waals surface area contributed by atoms with Crippen molar-refractivity contribution in [1.29, 1.82) is 0 Å². The summed E-state index contributed by atoms with van der Waals surface area (Å²) in [5, 5.41) is 1.62. The molecule has 0 radical (unpaired) electrons. The average Bonchev–Trinajstić information content (AvgIpc) is 3.27. The molecule has 0 spiro atoms. The van der Waals surface area contributed by atoms with E-state index in [0.29, 0.717) is 36.3 Å². The molecule has 8 nitrogen and oxygen atoms in total. The number of thiazole rings is 1. The molecule has 1 aliphatic rings. The summed E-state index contributed by atoms with van der Waals surface area (Å²) in [4.78, 5) is 30.8. The second-order valence-corrected chi connectivity index (χ2v) is 10.1. The fourth-order valence-corrected chi connectivity index (χ4v) is 5.98. The molecule has 3 aromatic rings. The van der Waals surface area contributed by atoms with Crippen LogP contribution in [0.2, 0.25) is 0 Å². The van der Waals surface area contributed by atoms with Gasteiger partial charge in [0.05, 0.1) is 30.2 Å². The number of carbonyl (C=O) groups is 2. The Hall–Kier alpha value is -3.08. The quantitative estimate of drug-likeness (QED) is 0.533. The molecular weight excluding hydrogens is 462 g/mol. The third kappa shape index (κ3) is 5.13. The monoisotopic (exact) mass is 485 g/mol. The van der Waals surface area contributed by atoms with E-state index in [4.69, 9.17) is 4.74 Å². The van der Waals surface area contributed by atoms with Gasteiger partial charge in [0.1, 0.15) is 0 Å². The van der Waals surface area contributed by atoms with E-state index in [1.54, 1.807) is 22.4 Å². The Kier molecular flexibility index (Phi) is 6.87. The number of morpholine rings is 1. The molecule has 1 aliphatic heterocycles. The van der Waals surface area contributed by atoms with Gasteiger partial charge in [0, 0.05) is 25.4 Å². The van der Waals surface area contributed by atoms with Crippen LogP contribution in [0.5, 0.6) is 0 Å². The Balaban J connectivity index is 1.55. The van der Waals surface area contributed by atoms with Crippen molar-refractivity contribution in [2.24, 2.45) is 0 Å². The number of nitrogens with zero attached hydrogens (tertiary/aromatic N) is 3. The molecule has 0 unspecified atom stereocenters. The summed E-state index contributed by atoms with van der Waals surface area (Å²) in [5.41, 5.74) is 2.24. The van der Waals surface area contributed by atoms with Crippen LogP contribution in [0, 0.1) is 0 Å². The molecule has 33 heavy (non-hydrogen) atoms. The van der Waals surface area contributed by atoms with Crippen molar-refractivity contribution in [1.82, 2.24) is 9.88 Å². The first-order chi connectivity index (χ1) is 15.9. The Labute approximate surface area is 196 Å². The van der Waals surface area contributed by atoms with Crippen LogP contribution in [0.3, 0.4) is 0 Å². The molecule has 172 valence electrons. The maximum absolute atomic E-state index is 13.3. The molecular formula is C23H23N3O5S2. The molecule has 0 atom stereocenters. The first-order valence-corrected chi connectivity index (χ1v) is 12.7. The zero-order valence-corrected chi connectivity index (χ0v) is 19.6. The molecule has 0 N–H and O–H groups in total. The fraction of sp³-hybridized carbons (Fsp3) is 0.261.